The van der Waals surface area contributed by atoms with E-state index in [0.29, 0.717) is 17.9 Å². The van der Waals surface area contributed by atoms with Crippen LogP contribution in [0.1, 0.15) is 33.1 Å². The van der Waals surface area contributed by atoms with Gasteiger partial charge in [0.2, 0.25) is 5.91 Å². The summed E-state index contributed by atoms with van der Waals surface area (Å²) in [5, 5.41) is 3.32. The summed E-state index contributed by atoms with van der Waals surface area (Å²) in [7, 11) is 0. The second kappa shape index (κ2) is 6.02. The number of amides is 1. The highest BCUT2D eigenvalue weighted by Crippen LogP contribution is 2.29. The molecule has 0 radical (unpaired) electrons. The van der Waals surface area contributed by atoms with Gasteiger partial charge >= 0.3 is 0 Å². The van der Waals surface area contributed by atoms with Gasteiger partial charge in [-0.05, 0) is 24.7 Å². The summed E-state index contributed by atoms with van der Waals surface area (Å²) in [6.07, 6.45) is 3.53. The molecule has 0 aliphatic carbocycles. The molecule has 2 saturated heterocycles. The summed E-state index contributed by atoms with van der Waals surface area (Å²) in [4.78, 5) is 16.6. The van der Waals surface area contributed by atoms with E-state index in [0.717, 1.165) is 52.1 Å². The first-order valence-electron chi connectivity index (χ1n) is 7.28. The summed E-state index contributed by atoms with van der Waals surface area (Å²) < 4.78 is 0. The smallest absolute Gasteiger partial charge is 0.236 e. The van der Waals surface area contributed by atoms with Gasteiger partial charge in [-0.15, -0.1) is 0 Å². The van der Waals surface area contributed by atoms with Crippen LogP contribution in [0.2, 0.25) is 0 Å². The fraction of sp³-hybridized carbons (Fsp3) is 0.929. The first kappa shape index (κ1) is 13.8. The molecule has 0 aromatic rings. The average Bonchev–Trinajstić information content (AvgIpc) is 2.51. The number of nitrogens with zero attached hydrogens (tertiary/aromatic N) is 2. The SMILES string of the molecule is CC1(C)CCCN(C(=O)CN2CCNCC2)CC1. The van der Waals surface area contributed by atoms with Crippen molar-refractivity contribution >= 4 is 5.91 Å². The molecule has 18 heavy (non-hydrogen) atoms. The lowest BCUT2D eigenvalue weighted by Crippen LogP contribution is -2.48. The molecular formula is C14H27N3O. The Hall–Kier alpha value is -0.610. The first-order valence-corrected chi connectivity index (χ1v) is 7.28. The molecule has 2 aliphatic rings. The van der Waals surface area contributed by atoms with Crippen molar-refractivity contribution in [3.05, 3.63) is 0 Å². The number of carbonyl (C=O) groups is 1. The molecule has 4 heteroatoms. The lowest BCUT2D eigenvalue weighted by Gasteiger charge is -2.29. The van der Waals surface area contributed by atoms with Gasteiger partial charge in [-0.3, -0.25) is 9.69 Å². The van der Waals surface area contributed by atoms with Gasteiger partial charge in [0, 0.05) is 39.3 Å². The van der Waals surface area contributed by atoms with Crippen molar-refractivity contribution in [1.29, 1.82) is 0 Å². The highest BCUT2D eigenvalue weighted by molar-refractivity contribution is 5.78. The van der Waals surface area contributed by atoms with E-state index in [4.69, 9.17) is 0 Å². The second-order valence-corrected chi connectivity index (χ2v) is 6.42. The van der Waals surface area contributed by atoms with Crippen LogP contribution < -0.4 is 5.32 Å². The number of piperazine rings is 1. The number of nitrogens with one attached hydrogen (secondary N) is 1. The third-order valence-electron chi connectivity index (χ3n) is 4.26. The highest BCUT2D eigenvalue weighted by atomic mass is 16.2. The van der Waals surface area contributed by atoms with Crippen molar-refractivity contribution < 1.29 is 4.79 Å². The van der Waals surface area contributed by atoms with Gasteiger partial charge in [0.1, 0.15) is 0 Å². The molecule has 0 spiro atoms. The van der Waals surface area contributed by atoms with Gasteiger partial charge in [0.25, 0.3) is 0 Å². The Morgan fingerprint density at radius 3 is 2.56 bits per heavy atom. The predicted molar refractivity (Wildman–Crippen MR) is 73.5 cm³/mol. The van der Waals surface area contributed by atoms with Crippen LogP contribution in [0.15, 0.2) is 0 Å². The zero-order valence-corrected chi connectivity index (χ0v) is 11.9. The van der Waals surface area contributed by atoms with Crippen molar-refractivity contribution in [2.24, 2.45) is 5.41 Å². The zero-order valence-electron chi connectivity index (χ0n) is 11.9. The number of carbonyl (C=O) groups excluding carboxylic acids is 1. The molecule has 0 aromatic heterocycles. The third-order valence-corrected chi connectivity index (χ3v) is 4.26. The molecule has 2 heterocycles. The standard InChI is InChI=1S/C14H27N3O/c1-14(2)4-3-8-17(9-5-14)13(18)12-16-10-6-15-7-11-16/h15H,3-12H2,1-2H3. The topological polar surface area (TPSA) is 35.6 Å². The van der Waals surface area contributed by atoms with E-state index >= 15 is 0 Å². The Kier molecular flexibility index (Phi) is 4.62. The molecule has 0 bridgehead atoms. The second-order valence-electron chi connectivity index (χ2n) is 6.42. The van der Waals surface area contributed by atoms with E-state index in [2.05, 4.69) is 29.0 Å². The Bertz CT molecular complexity index is 285. The van der Waals surface area contributed by atoms with E-state index in [1.165, 1.54) is 6.42 Å². The van der Waals surface area contributed by atoms with Crippen LogP contribution >= 0.6 is 0 Å². The summed E-state index contributed by atoms with van der Waals surface area (Å²) in [6.45, 7) is 11.2. The van der Waals surface area contributed by atoms with Crippen LogP contribution in [0.3, 0.4) is 0 Å². The minimum atomic E-state index is 0.328. The molecule has 4 nitrogen and oxygen atoms in total. The number of rotatable bonds is 2. The normalized spacial score (nSPS) is 25.8. The van der Waals surface area contributed by atoms with Crippen molar-refractivity contribution in [3.8, 4) is 0 Å². The molecule has 0 atom stereocenters. The van der Waals surface area contributed by atoms with Gasteiger partial charge in [-0.1, -0.05) is 13.8 Å². The monoisotopic (exact) mass is 253 g/mol. The van der Waals surface area contributed by atoms with E-state index in [1.54, 1.807) is 0 Å². The van der Waals surface area contributed by atoms with Gasteiger partial charge in [0.15, 0.2) is 0 Å². The number of hydrogen-bond acceptors (Lipinski definition) is 3. The highest BCUT2D eigenvalue weighted by Gasteiger charge is 2.26. The molecule has 0 unspecified atom stereocenters. The summed E-state index contributed by atoms with van der Waals surface area (Å²) in [5.41, 5.74) is 0.407. The summed E-state index contributed by atoms with van der Waals surface area (Å²) in [5.74, 6) is 0.328. The lowest BCUT2D eigenvalue weighted by atomic mass is 9.85. The number of hydrogen-bond donors (Lipinski definition) is 1. The fourth-order valence-electron chi connectivity index (χ4n) is 2.83. The van der Waals surface area contributed by atoms with E-state index in [1.807, 2.05) is 0 Å². The fourth-order valence-corrected chi connectivity index (χ4v) is 2.83. The van der Waals surface area contributed by atoms with Crippen LogP contribution in [-0.4, -0.2) is 61.5 Å². The average molecular weight is 253 g/mol. The van der Waals surface area contributed by atoms with Crippen LogP contribution in [0.25, 0.3) is 0 Å². The van der Waals surface area contributed by atoms with Crippen molar-refractivity contribution in [2.75, 3.05) is 45.8 Å². The van der Waals surface area contributed by atoms with Gasteiger partial charge in [-0.25, -0.2) is 0 Å². The first-order chi connectivity index (χ1) is 8.57. The Balaban J connectivity index is 1.81. The molecular weight excluding hydrogens is 226 g/mol. The molecule has 2 rings (SSSR count). The third kappa shape index (κ3) is 3.95. The van der Waals surface area contributed by atoms with Crippen LogP contribution in [0.5, 0.6) is 0 Å². The van der Waals surface area contributed by atoms with Gasteiger partial charge in [0.05, 0.1) is 6.54 Å². The van der Waals surface area contributed by atoms with Crippen molar-refractivity contribution in [2.45, 2.75) is 33.1 Å². The predicted octanol–water partition coefficient (Wildman–Crippen LogP) is 0.930. The number of likely N-dealkylation sites (tertiary alicyclic amines) is 1. The van der Waals surface area contributed by atoms with Gasteiger partial charge in [-0.2, -0.15) is 0 Å². The summed E-state index contributed by atoms with van der Waals surface area (Å²) in [6, 6.07) is 0. The van der Waals surface area contributed by atoms with E-state index in [-0.39, 0.29) is 0 Å². The molecule has 1 N–H and O–H groups in total. The molecule has 0 saturated carbocycles. The maximum atomic E-state index is 12.3. The minimum Gasteiger partial charge on any atom is -0.342 e. The largest absolute Gasteiger partial charge is 0.342 e. The van der Waals surface area contributed by atoms with E-state index in [9.17, 15) is 4.79 Å². The zero-order chi connectivity index (χ0) is 13.0. The molecule has 104 valence electrons. The minimum absolute atomic E-state index is 0.328. The molecule has 2 aliphatic heterocycles. The molecule has 0 aromatic carbocycles. The van der Waals surface area contributed by atoms with E-state index < -0.39 is 0 Å². The molecule has 2 fully saturated rings. The van der Waals surface area contributed by atoms with Gasteiger partial charge < -0.3 is 10.2 Å². The maximum absolute atomic E-state index is 12.3. The van der Waals surface area contributed by atoms with Crippen LogP contribution in [0.4, 0.5) is 0 Å². The Morgan fingerprint density at radius 2 is 1.83 bits per heavy atom. The van der Waals surface area contributed by atoms with Crippen LogP contribution in [0, 0.1) is 5.41 Å². The molecule has 1 amide bonds. The maximum Gasteiger partial charge on any atom is 0.236 e. The Labute approximate surface area is 111 Å². The quantitative estimate of drug-likeness (QED) is 0.795. The summed E-state index contributed by atoms with van der Waals surface area (Å²) >= 11 is 0. The van der Waals surface area contributed by atoms with Crippen LogP contribution in [-0.2, 0) is 4.79 Å². The van der Waals surface area contributed by atoms with Crippen molar-refractivity contribution in [1.82, 2.24) is 15.1 Å². The lowest BCUT2D eigenvalue weighted by molar-refractivity contribution is -0.132. The van der Waals surface area contributed by atoms with Crippen molar-refractivity contribution in [3.63, 3.8) is 0 Å². The Morgan fingerprint density at radius 1 is 1.11 bits per heavy atom.